The molecular weight excluding hydrogens is 416 g/mol. The van der Waals surface area contributed by atoms with Crippen LogP contribution >= 0.6 is 35.0 Å². The minimum absolute atomic E-state index is 0.226. The molecule has 0 bridgehead atoms. The Balaban J connectivity index is 1.84. The lowest BCUT2D eigenvalue weighted by Gasteiger charge is -2.12. The summed E-state index contributed by atoms with van der Waals surface area (Å²) < 4.78 is 13.1. The Morgan fingerprint density at radius 2 is 1.57 bits per heavy atom. The molecule has 0 spiro atoms. The number of halogens is 3. The predicted molar refractivity (Wildman–Crippen MR) is 117 cm³/mol. The molecule has 0 aliphatic heterocycles. The van der Waals surface area contributed by atoms with Crippen LogP contribution in [0.3, 0.4) is 0 Å². The fraction of sp³-hybridized carbons (Fsp3) is 0.0455. The second-order valence-corrected chi connectivity index (χ2v) is 7.69. The summed E-state index contributed by atoms with van der Waals surface area (Å²) in [5.41, 5.74) is 2.05. The van der Waals surface area contributed by atoms with Gasteiger partial charge >= 0.3 is 0 Å². The van der Waals surface area contributed by atoms with Crippen molar-refractivity contribution in [1.82, 2.24) is 0 Å². The SMILES string of the molecule is O=C(/C=C(\Nc1ccccc1)SCc1c(Cl)cccc1Cl)c1ccc(F)cc1. The smallest absolute Gasteiger partial charge is 0.188 e. The van der Waals surface area contributed by atoms with E-state index in [0.29, 0.717) is 26.4 Å². The molecule has 0 fully saturated rings. The van der Waals surface area contributed by atoms with Crippen LogP contribution in [0.15, 0.2) is 83.9 Å². The molecule has 0 saturated carbocycles. The zero-order valence-corrected chi connectivity index (χ0v) is 17.0. The number of nitrogens with one attached hydrogen (secondary N) is 1. The fourth-order valence-electron chi connectivity index (χ4n) is 2.41. The average molecular weight is 432 g/mol. The predicted octanol–water partition coefficient (Wildman–Crippen LogP) is 7.20. The van der Waals surface area contributed by atoms with Crippen LogP contribution in [0.25, 0.3) is 0 Å². The number of para-hydroxylation sites is 1. The van der Waals surface area contributed by atoms with Crippen LogP contribution in [0.2, 0.25) is 10.0 Å². The normalized spacial score (nSPS) is 11.3. The highest BCUT2D eigenvalue weighted by atomic mass is 35.5. The highest BCUT2D eigenvalue weighted by molar-refractivity contribution is 8.02. The van der Waals surface area contributed by atoms with Crippen LogP contribution in [0.4, 0.5) is 10.1 Å². The summed E-state index contributed by atoms with van der Waals surface area (Å²) in [7, 11) is 0. The highest BCUT2D eigenvalue weighted by Gasteiger charge is 2.10. The van der Waals surface area contributed by atoms with Crippen molar-refractivity contribution in [2.75, 3.05) is 5.32 Å². The molecule has 0 radical (unpaired) electrons. The molecule has 2 nitrogen and oxygen atoms in total. The second kappa shape index (κ2) is 9.78. The van der Waals surface area contributed by atoms with Crippen molar-refractivity contribution in [3.63, 3.8) is 0 Å². The number of rotatable bonds is 7. The van der Waals surface area contributed by atoms with E-state index >= 15 is 0 Å². The van der Waals surface area contributed by atoms with E-state index in [1.165, 1.54) is 42.1 Å². The number of benzene rings is 3. The molecule has 0 heterocycles. The summed E-state index contributed by atoms with van der Waals surface area (Å²) in [5.74, 6) is -0.122. The molecule has 3 rings (SSSR count). The molecule has 0 aliphatic rings. The third-order valence-electron chi connectivity index (χ3n) is 3.87. The van der Waals surface area contributed by atoms with Gasteiger partial charge in [-0.15, -0.1) is 11.8 Å². The van der Waals surface area contributed by atoms with Gasteiger partial charge in [-0.2, -0.15) is 0 Å². The van der Waals surface area contributed by atoms with E-state index in [1.807, 2.05) is 30.3 Å². The van der Waals surface area contributed by atoms with E-state index in [9.17, 15) is 9.18 Å². The molecule has 0 atom stereocenters. The zero-order valence-electron chi connectivity index (χ0n) is 14.7. The number of carbonyl (C=O) groups is 1. The Hall–Kier alpha value is -2.27. The maximum Gasteiger partial charge on any atom is 0.188 e. The Bertz CT molecular complexity index is 971. The first kappa shape index (κ1) is 20.5. The molecule has 0 unspecified atom stereocenters. The number of allylic oxidation sites excluding steroid dienone is 1. The first-order valence-corrected chi connectivity index (χ1v) is 10.2. The lowest BCUT2D eigenvalue weighted by atomic mass is 10.1. The van der Waals surface area contributed by atoms with Crippen molar-refractivity contribution >= 4 is 46.4 Å². The van der Waals surface area contributed by atoms with Gasteiger partial charge in [0.25, 0.3) is 0 Å². The van der Waals surface area contributed by atoms with Gasteiger partial charge in [0.05, 0.1) is 5.03 Å². The number of hydrogen-bond donors (Lipinski definition) is 1. The molecule has 3 aromatic rings. The molecule has 0 amide bonds. The molecular formula is C22H16Cl2FNOS. The van der Waals surface area contributed by atoms with Crippen molar-refractivity contribution in [2.45, 2.75) is 5.75 Å². The third-order valence-corrected chi connectivity index (χ3v) is 5.54. The number of anilines is 1. The molecule has 0 aliphatic carbocycles. The Morgan fingerprint density at radius 1 is 0.929 bits per heavy atom. The van der Waals surface area contributed by atoms with E-state index < -0.39 is 0 Å². The molecule has 6 heteroatoms. The van der Waals surface area contributed by atoms with Crippen LogP contribution in [-0.4, -0.2) is 5.78 Å². The van der Waals surface area contributed by atoms with Crippen molar-refractivity contribution in [2.24, 2.45) is 0 Å². The van der Waals surface area contributed by atoms with Crippen LogP contribution in [0.5, 0.6) is 0 Å². The molecule has 142 valence electrons. The van der Waals surface area contributed by atoms with Crippen molar-refractivity contribution in [3.8, 4) is 0 Å². The van der Waals surface area contributed by atoms with Gasteiger partial charge in [0.15, 0.2) is 5.78 Å². The molecule has 28 heavy (non-hydrogen) atoms. The number of hydrogen-bond acceptors (Lipinski definition) is 3. The van der Waals surface area contributed by atoms with Crippen LogP contribution in [0.1, 0.15) is 15.9 Å². The van der Waals surface area contributed by atoms with E-state index in [-0.39, 0.29) is 11.6 Å². The summed E-state index contributed by atoms with van der Waals surface area (Å²) in [4.78, 5) is 12.6. The zero-order chi connectivity index (χ0) is 19.9. The Labute approximate surface area is 177 Å². The first-order chi connectivity index (χ1) is 13.5. The maximum absolute atomic E-state index is 13.1. The maximum atomic E-state index is 13.1. The standard InChI is InChI=1S/C22H16Cl2FNOS/c23-19-7-4-8-20(24)18(19)14-28-22(26-17-5-2-1-3-6-17)13-21(27)15-9-11-16(25)12-10-15/h1-13,26H,14H2/b22-13+. The van der Waals surface area contributed by atoms with Gasteiger partial charge in [-0.3, -0.25) is 4.79 Å². The minimum Gasteiger partial charge on any atom is -0.350 e. The van der Waals surface area contributed by atoms with E-state index in [2.05, 4.69) is 5.32 Å². The first-order valence-electron chi connectivity index (χ1n) is 8.42. The van der Waals surface area contributed by atoms with Crippen LogP contribution in [-0.2, 0) is 5.75 Å². The lowest BCUT2D eigenvalue weighted by molar-refractivity contribution is 0.104. The highest BCUT2D eigenvalue weighted by Crippen LogP contribution is 2.31. The van der Waals surface area contributed by atoms with E-state index in [1.54, 1.807) is 18.2 Å². The summed E-state index contributed by atoms with van der Waals surface area (Å²) in [5, 5.41) is 5.03. The molecule has 0 saturated heterocycles. The van der Waals surface area contributed by atoms with Gasteiger partial charge in [-0.1, -0.05) is 47.5 Å². The Kier molecular flexibility index (Phi) is 7.15. The van der Waals surface area contributed by atoms with Crippen molar-refractivity contribution < 1.29 is 9.18 Å². The Morgan fingerprint density at radius 3 is 2.21 bits per heavy atom. The van der Waals surface area contributed by atoms with Gasteiger partial charge in [-0.05, 0) is 54.1 Å². The quantitative estimate of drug-likeness (QED) is 0.316. The topological polar surface area (TPSA) is 29.1 Å². The van der Waals surface area contributed by atoms with Gasteiger partial charge in [-0.25, -0.2) is 4.39 Å². The van der Waals surface area contributed by atoms with E-state index in [0.717, 1.165) is 11.3 Å². The molecule has 0 aromatic heterocycles. The number of carbonyl (C=O) groups excluding carboxylic acids is 1. The summed E-state index contributed by atoms with van der Waals surface area (Å²) in [6.07, 6.45) is 1.50. The van der Waals surface area contributed by atoms with Crippen molar-refractivity contribution in [3.05, 3.63) is 111 Å². The monoisotopic (exact) mass is 431 g/mol. The molecule has 3 aromatic carbocycles. The van der Waals surface area contributed by atoms with Gasteiger partial charge in [0.1, 0.15) is 5.82 Å². The summed E-state index contributed by atoms with van der Waals surface area (Å²) >= 11 is 13.9. The van der Waals surface area contributed by atoms with Crippen LogP contribution in [0, 0.1) is 5.82 Å². The summed E-state index contributed by atoms with van der Waals surface area (Å²) in [6, 6.07) is 20.3. The fourth-order valence-corrected chi connectivity index (χ4v) is 4.10. The van der Waals surface area contributed by atoms with Crippen LogP contribution < -0.4 is 5.32 Å². The van der Waals surface area contributed by atoms with Gasteiger partial charge < -0.3 is 5.32 Å². The largest absolute Gasteiger partial charge is 0.350 e. The van der Waals surface area contributed by atoms with Gasteiger partial charge in [0, 0.05) is 33.1 Å². The lowest BCUT2D eigenvalue weighted by Crippen LogP contribution is -2.02. The summed E-state index contributed by atoms with van der Waals surface area (Å²) in [6.45, 7) is 0. The number of thioether (sulfide) groups is 1. The van der Waals surface area contributed by atoms with Crippen molar-refractivity contribution in [1.29, 1.82) is 0 Å². The second-order valence-electron chi connectivity index (χ2n) is 5.86. The molecule has 1 N–H and O–H groups in total. The number of ketones is 1. The third kappa shape index (κ3) is 5.61. The average Bonchev–Trinajstić information content (AvgIpc) is 2.68. The van der Waals surface area contributed by atoms with E-state index in [4.69, 9.17) is 23.2 Å². The van der Waals surface area contributed by atoms with Gasteiger partial charge in [0.2, 0.25) is 0 Å². The minimum atomic E-state index is -0.383.